The van der Waals surface area contributed by atoms with E-state index in [9.17, 15) is 10.1 Å². The minimum absolute atomic E-state index is 0.0886. The van der Waals surface area contributed by atoms with Gasteiger partial charge in [0.1, 0.15) is 12.1 Å². The van der Waals surface area contributed by atoms with Gasteiger partial charge in [-0.05, 0) is 22.9 Å². The highest BCUT2D eigenvalue weighted by molar-refractivity contribution is 5.83. The fourth-order valence-corrected chi connectivity index (χ4v) is 2.24. The van der Waals surface area contributed by atoms with Gasteiger partial charge in [-0.2, -0.15) is 4.98 Å². The fourth-order valence-electron chi connectivity index (χ4n) is 2.24. The smallest absolute Gasteiger partial charge is 0.373 e. The molecule has 0 aliphatic rings. The summed E-state index contributed by atoms with van der Waals surface area (Å²) < 4.78 is 5.64. The predicted molar refractivity (Wildman–Crippen MR) is 91.4 cm³/mol. The van der Waals surface area contributed by atoms with Crippen molar-refractivity contribution >= 4 is 22.3 Å². The highest BCUT2D eigenvalue weighted by atomic mass is 16.6. The lowest BCUT2D eigenvalue weighted by Crippen LogP contribution is -2.06. The van der Waals surface area contributed by atoms with Gasteiger partial charge < -0.3 is 10.1 Å². The van der Waals surface area contributed by atoms with Gasteiger partial charge in [0, 0.05) is 6.54 Å². The Morgan fingerprint density at radius 3 is 2.75 bits per heavy atom. The van der Waals surface area contributed by atoms with E-state index >= 15 is 0 Å². The lowest BCUT2D eigenvalue weighted by molar-refractivity contribution is -0.385. The maximum Gasteiger partial charge on any atom is 0.373 e. The molecule has 0 fully saturated rings. The number of anilines is 1. The van der Waals surface area contributed by atoms with E-state index in [4.69, 9.17) is 4.74 Å². The largest absolute Gasteiger partial charge is 0.434 e. The van der Waals surface area contributed by atoms with Crippen molar-refractivity contribution in [3.05, 3.63) is 71.6 Å². The van der Waals surface area contributed by atoms with Crippen LogP contribution in [0.3, 0.4) is 0 Å². The van der Waals surface area contributed by atoms with E-state index in [1.807, 2.05) is 30.3 Å². The first-order chi connectivity index (χ1) is 11.7. The first kappa shape index (κ1) is 15.4. The van der Waals surface area contributed by atoms with Crippen molar-refractivity contribution < 1.29 is 9.66 Å². The Kier molecular flexibility index (Phi) is 4.33. The second-order valence-electron chi connectivity index (χ2n) is 4.91. The Hall–Kier alpha value is -3.48. The third-order valence-corrected chi connectivity index (χ3v) is 3.32. The van der Waals surface area contributed by atoms with E-state index < -0.39 is 4.92 Å². The maximum atomic E-state index is 11.4. The van der Waals surface area contributed by atoms with E-state index in [1.165, 1.54) is 6.33 Å². The van der Waals surface area contributed by atoms with Crippen molar-refractivity contribution in [2.75, 3.05) is 11.9 Å². The minimum Gasteiger partial charge on any atom is -0.434 e. The zero-order chi connectivity index (χ0) is 16.9. The van der Waals surface area contributed by atoms with Crippen LogP contribution in [0.25, 0.3) is 10.8 Å². The number of hydrogen-bond acceptors (Lipinski definition) is 6. The summed E-state index contributed by atoms with van der Waals surface area (Å²) in [6.45, 7) is 3.90. The molecule has 3 rings (SSSR count). The molecule has 0 spiro atoms. The van der Waals surface area contributed by atoms with Gasteiger partial charge in [-0.25, -0.2) is 4.98 Å². The quantitative estimate of drug-likeness (QED) is 0.420. The molecule has 1 N–H and O–H groups in total. The van der Waals surface area contributed by atoms with Crippen molar-refractivity contribution in [1.82, 2.24) is 9.97 Å². The van der Waals surface area contributed by atoms with Crippen molar-refractivity contribution in [2.24, 2.45) is 0 Å². The summed E-state index contributed by atoms with van der Waals surface area (Å²) in [4.78, 5) is 18.6. The summed E-state index contributed by atoms with van der Waals surface area (Å²) in [6, 6.07) is 13.2. The number of nitro groups is 1. The monoisotopic (exact) mass is 322 g/mol. The van der Waals surface area contributed by atoms with Crippen LogP contribution < -0.4 is 10.1 Å². The van der Waals surface area contributed by atoms with Gasteiger partial charge >= 0.3 is 11.6 Å². The highest BCUT2D eigenvalue weighted by Crippen LogP contribution is 2.34. The molecule has 2 aromatic carbocycles. The van der Waals surface area contributed by atoms with E-state index in [0.29, 0.717) is 12.3 Å². The van der Waals surface area contributed by atoms with Gasteiger partial charge in [0.25, 0.3) is 0 Å². The maximum absolute atomic E-state index is 11.4. The van der Waals surface area contributed by atoms with Crippen LogP contribution in [0.5, 0.6) is 11.6 Å². The molecule has 0 unspecified atom stereocenters. The summed E-state index contributed by atoms with van der Waals surface area (Å²) in [5, 5.41) is 16.2. The molecule has 0 aliphatic heterocycles. The SMILES string of the molecule is C=CCNc1ncnc(Oc2ccc3ccccc3c2)c1[N+](=O)[O-]. The Morgan fingerprint density at radius 2 is 2.00 bits per heavy atom. The van der Waals surface area contributed by atoms with Crippen LogP contribution in [0.1, 0.15) is 0 Å². The third kappa shape index (κ3) is 3.14. The first-order valence-electron chi connectivity index (χ1n) is 7.20. The van der Waals surface area contributed by atoms with E-state index in [-0.39, 0.29) is 17.4 Å². The first-order valence-corrected chi connectivity index (χ1v) is 7.20. The molecular weight excluding hydrogens is 308 g/mol. The molecule has 0 radical (unpaired) electrons. The fraction of sp³-hybridized carbons (Fsp3) is 0.0588. The van der Waals surface area contributed by atoms with E-state index in [2.05, 4.69) is 21.9 Å². The predicted octanol–water partition coefficient (Wildman–Crippen LogP) is 3.93. The zero-order valence-corrected chi connectivity index (χ0v) is 12.7. The summed E-state index contributed by atoms with van der Waals surface area (Å²) in [6.07, 6.45) is 2.80. The highest BCUT2D eigenvalue weighted by Gasteiger charge is 2.24. The standard InChI is InChI=1S/C17H14N4O3/c1-2-9-18-16-15(21(22)23)17(20-11-19-16)24-14-8-7-12-5-3-4-6-13(12)10-14/h2-8,10-11H,1,9H2,(H,18,19,20). The molecular formula is C17H14N4O3. The van der Waals surface area contributed by atoms with Gasteiger partial charge in [0.15, 0.2) is 0 Å². The molecule has 3 aromatic rings. The Morgan fingerprint density at radius 1 is 1.21 bits per heavy atom. The second kappa shape index (κ2) is 6.74. The Bertz CT molecular complexity index is 911. The lowest BCUT2D eigenvalue weighted by atomic mass is 10.1. The molecule has 7 heteroatoms. The van der Waals surface area contributed by atoms with Crippen molar-refractivity contribution in [3.8, 4) is 11.6 Å². The molecule has 24 heavy (non-hydrogen) atoms. The van der Waals surface area contributed by atoms with Crippen molar-refractivity contribution in [3.63, 3.8) is 0 Å². The average Bonchev–Trinajstić information content (AvgIpc) is 2.59. The van der Waals surface area contributed by atoms with Gasteiger partial charge in [-0.3, -0.25) is 10.1 Å². The van der Waals surface area contributed by atoms with Crippen LogP contribution in [-0.4, -0.2) is 21.4 Å². The molecule has 7 nitrogen and oxygen atoms in total. The average molecular weight is 322 g/mol. The van der Waals surface area contributed by atoms with Crippen LogP contribution in [-0.2, 0) is 0 Å². The summed E-state index contributed by atoms with van der Waals surface area (Å²) in [5.41, 5.74) is -0.312. The van der Waals surface area contributed by atoms with Gasteiger partial charge in [0.2, 0.25) is 5.82 Å². The molecule has 0 amide bonds. The number of aromatic nitrogens is 2. The van der Waals surface area contributed by atoms with Crippen LogP contribution in [0.2, 0.25) is 0 Å². The molecule has 0 aliphatic carbocycles. The van der Waals surface area contributed by atoms with Crippen LogP contribution in [0, 0.1) is 10.1 Å². The van der Waals surface area contributed by atoms with Gasteiger partial charge in [-0.1, -0.05) is 36.4 Å². The van der Waals surface area contributed by atoms with Crippen LogP contribution >= 0.6 is 0 Å². The summed E-state index contributed by atoms with van der Waals surface area (Å²) in [7, 11) is 0. The Balaban J connectivity index is 1.98. The number of benzene rings is 2. The summed E-state index contributed by atoms with van der Waals surface area (Å²) in [5.74, 6) is 0.438. The van der Waals surface area contributed by atoms with E-state index in [1.54, 1.807) is 18.2 Å². The summed E-state index contributed by atoms with van der Waals surface area (Å²) >= 11 is 0. The number of fused-ring (bicyclic) bond motifs is 1. The van der Waals surface area contributed by atoms with Crippen molar-refractivity contribution in [2.45, 2.75) is 0 Å². The third-order valence-electron chi connectivity index (χ3n) is 3.32. The van der Waals surface area contributed by atoms with Crippen molar-refractivity contribution in [1.29, 1.82) is 0 Å². The topological polar surface area (TPSA) is 90.2 Å². The molecule has 0 saturated carbocycles. The number of rotatable bonds is 6. The minimum atomic E-state index is -0.568. The molecule has 1 aromatic heterocycles. The van der Waals surface area contributed by atoms with Gasteiger partial charge in [0.05, 0.1) is 4.92 Å². The molecule has 120 valence electrons. The second-order valence-corrected chi connectivity index (χ2v) is 4.91. The molecule has 1 heterocycles. The molecule has 0 atom stereocenters. The lowest BCUT2D eigenvalue weighted by Gasteiger charge is -2.09. The number of ether oxygens (including phenoxy) is 1. The number of hydrogen-bond donors (Lipinski definition) is 1. The van der Waals surface area contributed by atoms with Crippen LogP contribution in [0.4, 0.5) is 11.5 Å². The Labute approximate surface area is 137 Å². The normalized spacial score (nSPS) is 10.3. The number of nitrogens with zero attached hydrogens (tertiary/aromatic N) is 3. The van der Waals surface area contributed by atoms with Crippen LogP contribution in [0.15, 0.2) is 61.4 Å². The number of nitrogens with one attached hydrogen (secondary N) is 1. The van der Waals surface area contributed by atoms with E-state index in [0.717, 1.165) is 10.8 Å². The molecule has 0 bridgehead atoms. The molecule has 0 saturated heterocycles. The zero-order valence-electron chi connectivity index (χ0n) is 12.7. The van der Waals surface area contributed by atoms with Gasteiger partial charge in [-0.15, -0.1) is 6.58 Å².